The van der Waals surface area contributed by atoms with E-state index in [0.29, 0.717) is 18.5 Å². The molecule has 0 aliphatic heterocycles. The van der Waals surface area contributed by atoms with Gasteiger partial charge < -0.3 is 10.4 Å². The number of hydrogen-bond donors (Lipinski definition) is 2. The fourth-order valence-electron chi connectivity index (χ4n) is 2.54. The number of carbonyl (C=O) groups is 1. The molecule has 0 bridgehead atoms. The number of pyridine rings is 1. The van der Waals surface area contributed by atoms with Gasteiger partial charge in [0.25, 0.3) is 5.91 Å². The fourth-order valence-corrected chi connectivity index (χ4v) is 2.54. The molecule has 0 spiro atoms. The summed E-state index contributed by atoms with van der Waals surface area (Å²) in [5.41, 5.74) is 2.38. The highest BCUT2D eigenvalue weighted by molar-refractivity contribution is 5.96. The van der Waals surface area contributed by atoms with Gasteiger partial charge in [-0.2, -0.15) is 5.10 Å². The monoisotopic (exact) mass is 324 g/mol. The third-order valence-corrected chi connectivity index (χ3v) is 3.85. The molecule has 2 aromatic heterocycles. The summed E-state index contributed by atoms with van der Waals surface area (Å²) in [6.07, 6.45) is 3.81. The van der Waals surface area contributed by atoms with E-state index in [4.69, 9.17) is 5.11 Å². The first-order valence-corrected chi connectivity index (χ1v) is 7.94. The number of nitrogens with one attached hydrogen (secondary N) is 1. The molecule has 3 aromatic rings. The molecule has 1 atom stereocenters. The average Bonchev–Trinajstić information content (AvgIpc) is 2.98. The molecule has 0 saturated carbocycles. The summed E-state index contributed by atoms with van der Waals surface area (Å²) in [7, 11) is 0. The predicted molar refractivity (Wildman–Crippen MR) is 91.7 cm³/mol. The van der Waals surface area contributed by atoms with Crippen LogP contribution in [0.1, 0.15) is 29.3 Å². The molecule has 0 aliphatic carbocycles. The zero-order valence-corrected chi connectivity index (χ0v) is 13.5. The van der Waals surface area contributed by atoms with Gasteiger partial charge in [0.15, 0.2) is 5.65 Å². The standard InChI is InChI=1S/C18H20N4O2/c1-13(7-8-23)21-18(24)16-9-15-11-20-22(17(15)19-10-16)12-14-5-3-2-4-6-14/h2-6,9-11,13,23H,7-8,12H2,1H3,(H,21,24)/t13-/m1/s1. The first kappa shape index (κ1) is 16.1. The van der Waals surface area contributed by atoms with E-state index < -0.39 is 0 Å². The van der Waals surface area contributed by atoms with Gasteiger partial charge in [-0.05, 0) is 25.0 Å². The minimum atomic E-state index is -0.193. The van der Waals surface area contributed by atoms with Crippen molar-refractivity contribution in [1.82, 2.24) is 20.1 Å². The van der Waals surface area contributed by atoms with Gasteiger partial charge in [-0.1, -0.05) is 30.3 Å². The van der Waals surface area contributed by atoms with Crippen LogP contribution in [0.4, 0.5) is 0 Å². The maximum absolute atomic E-state index is 12.2. The van der Waals surface area contributed by atoms with Crippen LogP contribution in [-0.2, 0) is 6.54 Å². The first-order chi connectivity index (χ1) is 11.7. The second kappa shape index (κ2) is 7.23. The maximum atomic E-state index is 12.2. The number of fused-ring (bicyclic) bond motifs is 1. The molecule has 3 rings (SSSR count). The number of aliphatic hydroxyl groups is 1. The van der Waals surface area contributed by atoms with Crippen molar-refractivity contribution < 1.29 is 9.90 Å². The number of nitrogens with zero attached hydrogens (tertiary/aromatic N) is 3. The molecule has 0 aliphatic rings. The van der Waals surface area contributed by atoms with Gasteiger partial charge in [0.2, 0.25) is 0 Å². The molecular weight excluding hydrogens is 304 g/mol. The summed E-state index contributed by atoms with van der Waals surface area (Å²) >= 11 is 0. The molecule has 1 aromatic carbocycles. The molecule has 0 unspecified atom stereocenters. The van der Waals surface area contributed by atoms with Crippen molar-refractivity contribution in [2.24, 2.45) is 0 Å². The van der Waals surface area contributed by atoms with Gasteiger partial charge in [0.1, 0.15) is 0 Å². The highest BCUT2D eigenvalue weighted by atomic mass is 16.3. The number of hydrogen-bond acceptors (Lipinski definition) is 4. The van der Waals surface area contributed by atoms with E-state index >= 15 is 0 Å². The molecular formula is C18H20N4O2. The van der Waals surface area contributed by atoms with E-state index in [9.17, 15) is 4.79 Å². The lowest BCUT2D eigenvalue weighted by Crippen LogP contribution is -2.33. The number of amides is 1. The van der Waals surface area contributed by atoms with Gasteiger partial charge >= 0.3 is 0 Å². The molecule has 2 N–H and O–H groups in total. The molecule has 1 amide bonds. The van der Waals surface area contributed by atoms with E-state index in [0.717, 1.165) is 16.6 Å². The minimum absolute atomic E-state index is 0.0466. The molecule has 124 valence electrons. The SMILES string of the molecule is C[C@H](CCO)NC(=O)c1cnc2c(cnn2Cc2ccccc2)c1. The Bertz CT molecular complexity index is 829. The van der Waals surface area contributed by atoms with Crippen molar-refractivity contribution in [1.29, 1.82) is 0 Å². The maximum Gasteiger partial charge on any atom is 0.253 e. The molecule has 0 saturated heterocycles. The van der Waals surface area contributed by atoms with Gasteiger partial charge in [-0.15, -0.1) is 0 Å². The van der Waals surface area contributed by atoms with E-state index in [2.05, 4.69) is 15.4 Å². The lowest BCUT2D eigenvalue weighted by Gasteiger charge is -2.12. The molecule has 24 heavy (non-hydrogen) atoms. The van der Waals surface area contributed by atoms with Crippen molar-refractivity contribution in [3.63, 3.8) is 0 Å². The Morgan fingerprint density at radius 2 is 2.08 bits per heavy atom. The molecule has 6 nitrogen and oxygen atoms in total. The van der Waals surface area contributed by atoms with Crippen molar-refractivity contribution in [3.8, 4) is 0 Å². The van der Waals surface area contributed by atoms with Gasteiger partial charge in [-0.3, -0.25) is 4.79 Å². The lowest BCUT2D eigenvalue weighted by atomic mass is 10.2. The zero-order valence-electron chi connectivity index (χ0n) is 13.5. The molecule has 2 heterocycles. The van der Waals surface area contributed by atoms with Crippen LogP contribution in [0.25, 0.3) is 11.0 Å². The van der Waals surface area contributed by atoms with E-state index in [1.807, 2.05) is 41.9 Å². The molecule has 0 radical (unpaired) electrons. The number of benzene rings is 1. The quantitative estimate of drug-likeness (QED) is 0.726. The fraction of sp³-hybridized carbons (Fsp3) is 0.278. The highest BCUT2D eigenvalue weighted by Crippen LogP contribution is 2.15. The van der Waals surface area contributed by atoms with Crippen LogP contribution < -0.4 is 5.32 Å². The second-order valence-electron chi connectivity index (χ2n) is 5.81. The van der Waals surface area contributed by atoms with E-state index in [1.54, 1.807) is 18.5 Å². The number of rotatable bonds is 6. The Morgan fingerprint density at radius 1 is 1.29 bits per heavy atom. The van der Waals surface area contributed by atoms with Crippen LogP contribution in [0.5, 0.6) is 0 Å². The van der Waals surface area contributed by atoms with Crippen LogP contribution in [0, 0.1) is 0 Å². The topological polar surface area (TPSA) is 80.0 Å². The number of aliphatic hydroxyl groups excluding tert-OH is 1. The van der Waals surface area contributed by atoms with Crippen molar-refractivity contribution in [3.05, 3.63) is 59.9 Å². The number of aromatic nitrogens is 3. The average molecular weight is 324 g/mol. The largest absolute Gasteiger partial charge is 0.396 e. The lowest BCUT2D eigenvalue weighted by molar-refractivity contribution is 0.0934. The molecule has 0 fully saturated rings. The summed E-state index contributed by atoms with van der Waals surface area (Å²) in [5, 5.41) is 17.0. The normalized spacial score (nSPS) is 12.2. The van der Waals surface area contributed by atoms with E-state index in [-0.39, 0.29) is 18.6 Å². The van der Waals surface area contributed by atoms with Crippen molar-refractivity contribution in [2.75, 3.05) is 6.61 Å². The highest BCUT2D eigenvalue weighted by Gasteiger charge is 2.12. The minimum Gasteiger partial charge on any atom is -0.396 e. The van der Waals surface area contributed by atoms with Crippen LogP contribution in [-0.4, -0.2) is 38.4 Å². The van der Waals surface area contributed by atoms with Crippen molar-refractivity contribution in [2.45, 2.75) is 25.9 Å². The van der Waals surface area contributed by atoms with Crippen LogP contribution in [0.15, 0.2) is 48.8 Å². The predicted octanol–water partition coefficient (Wildman–Crippen LogP) is 1.98. The Balaban J connectivity index is 1.79. The van der Waals surface area contributed by atoms with Gasteiger partial charge in [0, 0.05) is 24.2 Å². The second-order valence-corrected chi connectivity index (χ2v) is 5.81. The van der Waals surface area contributed by atoms with Gasteiger partial charge in [0.05, 0.1) is 18.3 Å². The Labute approximate surface area is 140 Å². The smallest absolute Gasteiger partial charge is 0.253 e. The third kappa shape index (κ3) is 3.60. The van der Waals surface area contributed by atoms with Crippen LogP contribution >= 0.6 is 0 Å². The Morgan fingerprint density at radius 3 is 2.83 bits per heavy atom. The summed E-state index contributed by atoms with van der Waals surface area (Å²) in [5.74, 6) is -0.193. The summed E-state index contributed by atoms with van der Waals surface area (Å²) in [6, 6.07) is 11.7. The zero-order chi connectivity index (χ0) is 16.9. The summed E-state index contributed by atoms with van der Waals surface area (Å²) < 4.78 is 1.82. The van der Waals surface area contributed by atoms with Crippen LogP contribution in [0.2, 0.25) is 0 Å². The van der Waals surface area contributed by atoms with E-state index in [1.165, 1.54) is 0 Å². The molecule has 6 heteroatoms. The summed E-state index contributed by atoms with van der Waals surface area (Å²) in [4.78, 5) is 16.6. The first-order valence-electron chi connectivity index (χ1n) is 7.94. The Hall–Kier alpha value is -2.73. The number of carbonyl (C=O) groups excluding carboxylic acids is 1. The Kier molecular flexibility index (Phi) is 4.86. The van der Waals surface area contributed by atoms with Crippen molar-refractivity contribution >= 4 is 16.9 Å². The third-order valence-electron chi connectivity index (χ3n) is 3.85. The van der Waals surface area contributed by atoms with Gasteiger partial charge in [-0.25, -0.2) is 9.67 Å². The summed E-state index contributed by atoms with van der Waals surface area (Å²) in [6.45, 7) is 2.54. The van der Waals surface area contributed by atoms with Crippen LogP contribution in [0.3, 0.4) is 0 Å².